The Morgan fingerprint density at radius 2 is 2.26 bits per heavy atom. The van der Waals surface area contributed by atoms with Crippen LogP contribution >= 0.6 is 27.3 Å². The van der Waals surface area contributed by atoms with Crippen molar-refractivity contribution >= 4 is 38.7 Å². The van der Waals surface area contributed by atoms with Crippen LogP contribution in [-0.2, 0) is 6.42 Å². The Morgan fingerprint density at radius 3 is 3.09 bits per heavy atom. The summed E-state index contributed by atoms with van der Waals surface area (Å²) in [6.07, 6.45) is 2.51. The maximum Gasteiger partial charge on any atom is 0.274 e. The van der Waals surface area contributed by atoms with Gasteiger partial charge >= 0.3 is 0 Å². The van der Waals surface area contributed by atoms with E-state index < -0.39 is 0 Å². The molecule has 4 heterocycles. The first kappa shape index (κ1) is 14.8. The molecule has 3 aromatic heterocycles. The minimum absolute atomic E-state index is 0.116. The highest BCUT2D eigenvalue weighted by Gasteiger charge is 2.31. The summed E-state index contributed by atoms with van der Waals surface area (Å²) in [5.41, 5.74) is 2.19. The van der Waals surface area contributed by atoms with Gasteiger partial charge in [0.05, 0.1) is 11.6 Å². The average Bonchev–Trinajstić information content (AvgIpc) is 3.09. The molecule has 0 aliphatic carbocycles. The summed E-state index contributed by atoms with van der Waals surface area (Å²) < 4.78 is 16.1. The lowest BCUT2D eigenvalue weighted by molar-refractivity contribution is 0.0672. The van der Waals surface area contributed by atoms with Crippen LogP contribution in [0, 0.1) is 5.13 Å². The lowest BCUT2D eigenvalue weighted by atomic mass is 10.0. The van der Waals surface area contributed by atoms with Crippen molar-refractivity contribution in [3.63, 3.8) is 0 Å². The zero-order valence-electron chi connectivity index (χ0n) is 12.3. The van der Waals surface area contributed by atoms with Gasteiger partial charge in [-0.3, -0.25) is 4.79 Å². The summed E-state index contributed by atoms with van der Waals surface area (Å²) in [7, 11) is 0. The molecule has 0 bridgehead atoms. The van der Waals surface area contributed by atoms with E-state index in [1.54, 1.807) is 21.5 Å². The number of thiophene rings is 1. The van der Waals surface area contributed by atoms with Gasteiger partial charge in [-0.15, -0.1) is 11.3 Å². The van der Waals surface area contributed by atoms with Crippen LogP contribution in [0.5, 0.6) is 0 Å². The molecule has 1 atom stereocenters. The molecule has 1 aliphatic rings. The minimum Gasteiger partial charge on any atom is -0.330 e. The van der Waals surface area contributed by atoms with Crippen molar-refractivity contribution in [1.82, 2.24) is 14.5 Å². The third kappa shape index (κ3) is 2.48. The van der Waals surface area contributed by atoms with Crippen molar-refractivity contribution in [1.29, 1.82) is 0 Å². The minimum atomic E-state index is -0.186. The number of aromatic nitrogens is 2. The van der Waals surface area contributed by atoms with Gasteiger partial charge in [-0.2, -0.15) is 9.49 Å². The quantitative estimate of drug-likeness (QED) is 0.625. The van der Waals surface area contributed by atoms with E-state index in [2.05, 4.69) is 21.0 Å². The number of fused-ring (bicyclic) bond motifs is 2. The van der Waals surface area contributed by atoms with Crippen LogP contribution in [0.15, 0.2) is 34.9 Å². The normalized spacial score (nSPS) is 17.5. The molecule has 1 amide bonds. The third-order valence-electron chi connectivity index (χ3n) is 4.21. The Kier molecular flexibility index (Phi) is 3.50. The zero-order chi connectivity index (χ0) is 16.1. The van der Waals surface area contributed by atoms with Gasteiger partial charge in [-0.05, 0) is 59.1 Å². The molecule has 0 N–H and O–H groups in total. The number of pyridine rings is 1. The predicted molar refractivity (Wildman–Crippen MR) is 90.3 cm³/mol. The second-order valence-corrected chi connectivity index (χ2v) is 7.60. The van der Waals surface area contributed by atoms with Gasteiger partial charge < -0.3 is 4.90 Å². The van der Waals surface area contributed by atoms with Gasteiger partial charge in [-0.1, -0.05) is 0 Å². The summed E-state index contributed by atoms with van der Waals surface area (Å²) in [5.74, 6) is -0.116. The first-order valence-electron chi connectivity index (χ1n) is 7.27. The maximum absolute atomic E-state index is 13.5. The molecule has 0 fully saturated rings. The van der Waals surface area contributed by atoms with E-state index in [-0.39, 0.29) is 17.1 Å². The molecule has 0 aromatic carbocycles. The van der Waals surface area contributed by atoms with Crippen molar-refractivity contribution in [3.8, 4) is 0 Å². The van der Waals surface area contributed by atoms with Gasteiger partial charge in [-0.25, -0.2) is 4.52 Å². The second kappa shape index (κ2) is 5.42. The Balaban J connectivity index is 1.68. The lowest BCUT2D eigenvalue weighted by Gasteiger charge is -2.33. The van der Waals surface area contributed by atoms with E-state index in [0.29, 0.717) is 18.7 Å². The summed E-state index contributed by atoms with van der Waals surface area (Å²) in [5, 5.41) is 4.18. The van der Waals surface area contributed by atoms with E-state index in [1.807, 2.05) is 25.3 Å². The number of amides is 1. The Labute approximate surface area is 144 Å². The van der Waals surface area contributed by atoms with E-state index in [9.17, 15) is 9.18 Å². The molecule has 0 radical (unpaired) electrons. The van der Waals surface area contributed by atoms with Crippen LogP contribution in [0.1, 0.15) is 33.9 Å². The molecular formula is C16H13BrFN3OS. The maximum atomic E-state index is 13.5. The smallest absolute Gasteiger partial charge is 0.274 e. The van der Waals surface area contributed by atoms with Crippen LogP contribution in [0.25, 0.3) is 5.52 Å². The fourth-order valence-electron chi connectivity index (χ4n) is 3.03. The second-order valence-electron chi connectivity index (χ2n) is 5.60. The molecule has 0 saturated heterocycles. The Morgan fingerprint density at radius 1 is 1.43 bits per heavy atom. The lowest BCUT2D eigenvalue weighted by Crippen LogP contribution is -2.38. The molecule has 1 aliphatic heterocycles. The molecule has 7 heteroatoms. The first-order chi connectivity index (χ1) is 11.0. The zero-order valence-corrected chi connectivity index (χ0v) is 14.7. The largest absolute Gasteiger partial charge is 0.330 e. The third-order valence-corrected chi connectivity index (χ3v) is 5.68. The van der Waals surface area contributed by atoms with Gasteiger partial charge in [0, 0.05) is 22.1 Å². The molecule has 23 heavy (non-hydrogen) atoms. The summed E-state index contributed by atoms with van der Waals surface area (Å²) >= 11 is 4.57. The van der Waals surface area contributed by atoms with Crippen LogP contribution in [0.3, 0.4) is 0 Å². The van der Waals surface area contributed by atoms with Crippen molar-refractivity contribution in [2.75, 3.05) is 6.54 Å². The van der Waals surface area contributed by atoms with Crippen LogP contribution in [0.4, 0.5) is 4.39 Å². The van der Waals surface area contributed by atoms with Crippen molar-refractivity contribution in [2.24, 2.45) is 0 Å². The summed E-state index contributed by atoms with van der Waals surface area (Å²) in [6, 6.07) is 7.01. The summed E-state index contributed by atoms with van der Waals surface area (Å²) in [6.45, 7) is 2.53. The van der Waals surface area contributed by atoms with E-state index >= 15 is 0 Å². The number of rotatable bonds is 1. The molecule has 4 nitrogen and oxygen atoms in total. The van der Waals surface area contributed by atoms with Crippen LogP contribution in [-0.4, -0.2) is 27.0 Å². The van der Waals surface area contributed by atoms with E-state index in [0.717, 1.165) is 20.4 Å². The van der Waals surface area contributed by atoms with Gasteiger partial charge in [0.1, 0.15) is 0 Å². The molecule has 0 spiro atoms. The standard InChI is InChI=1S/C16H13BrFN3OS/c1-9-12-7-15(18)23-14(12)4-5-20(9)16(22)13-6-11-3-2-10(17)8-21(11)19-13/h2-3,6-9H,4-5H2,1H3. The topological polar surface area (TPSA) is 37.6 Å². The van der Waals surface area contributed by atoms with Gasteiger partial charge in [0.2, 0.25) is 0 Å². The highest BCUT2D eigenvalue weighted by atomic mass is 79.9. The number of hydrogen-bond acceptors (Lipinski definition) is 3. The molecule has 4 rings (SSSR count). The summed E-state index contributed by atoms with van der Waals surface area (Å²) in [4.78, 5) is 15.6. The average molecular weight is 394 g/mol. The van der Waals surface area contributed by atoms with Crippen molar-refractivity contribution < 1.29 is 9.18 Å². The number of halogens is 2. The Hall–Kier alpha value is -1.73. The fraction of sp³-hybridized carbons (Fsp3) is 0.250. The monoisotopic (exact) mass is 393 g/mol. The molecule has 1 unspecified atom stereocenters. The number of carbonyl (C=O) groups excluding carboxylic acids is 1. The molecule has 118 valence electrons. The van der Waals surface area contributed by atoms with Crippen LogP contribution < -0.4 is 0 Å². The first-order valence-corrected chi connectivity index (χ1v) is 8.88. The molecule has 3 aromatic rings. The highest BCUT2D eigenvalue weighted by Crippen LogP contribution is 2.35. The number of hydrogen-bond donors (Lipinski definition) is 0. The van der Waals surface area contributed by atoms with Gasteiger partial charge in [0.15, 0.2) is 10.8 Å². The molecular weight excluding hydrogens is 381 g/mol. The van der Waals surface area contributed by atoms with Crippen molar-refractivity contribution in [3.05, 3.63) is 56.2 Å². The number of carbonyl (C=O) groups is 1. The molecule has 0 saturated carbocycles. The van der Waals surface area contributed by atoms with E-state index in [4.69, 9.17) is 0 Å². The SMILES string of the molecule is CC1c2cc(F)sc2CCN1C(=O)c1cc2ccc(Br)cn2n1. The number of nitrogens with zero attached hydrogens (tertiary/aromatic N) is 3. The highest BCUT2D eigenvalue weighted by molar-refractivity contribution is 9.10. The van der Waals surface area contributed by atoms with E-state index in [1.165, 1.54) is 11.3 Å². The predicted octanol–water partition coefficient (Wildman–Crippen LogP) is 4.06. The fourth-order valence-corrected chi connectivity index (χ4v) is 4.32. The Bertz CT molecular complexity index is 919. The van der Waals surface area contributed by atoms with Crippen LogP contribution in [0.2, 0.25) is 0 Å². The van der Waals surface area contributed by atoms with Gasteiger partial charge in [0.25, 0.3) is 5.91 Å². The van der Waals surface area contributed by atoms with Crippen molar-refractivity contribution in [2.45, 2.75) is 19.4 Å².